The van der Waals surface area contributed by atoms with Crippen LogP contribution in [-0.4, -0.2) is 34.3 Å². The number of hydrogen-bond donors (Lipinski definition) is 1. The van der Waals surface area contributed by atoms with Gasteiger partial charge in [0.2, 0.25) is 0 Å². The van der Waals surface area contributed by atoms with Gasteiger partial charge in [0, 0.05) is 18.7 Å². The fraction of sp³-hybridized carbons (Fsp3) is 0.500. The number of aromatic nitrogens is 3. The summed E-state index contributed by atoms with van der Waals surface area (Å²) in [5.41, 5.74) is 0.794. The molecule has 5 nitrogen and oxygen atoms in total. The largest absolute Gasteiger partial charge is 0.493 e. The maximum absolute atomic E-state index is 5.27. The van der Waals surface area contributed by atoms with Crippen molar-refractivity contribution in [3.05, 3.63) is 24.2 Å². The molecule has 1 saturated heterocycles. The Morgan fingerprint density at radius 2 is 2.53 bits per heavy atom. The van der Waals surface area contributed by atoms with Crippen molar-refractivity contribution in [1.29, 1.82) is 0 Å². The van der Waals surface area contributed by atoms with E-state index >= 15 is 0 Å². The van der Waals surface area contributed by atoms with Gasteiger partial charge in [-0.05, 0) is 31.5 Å². The number of pyridine rings is 1. The van der Waals surface area contributed by atoms with Crippen molar-refractivity contribution >= 4 is 5.65 Å². The number of methoxy groups -OCH3 is 1. The third-order valence-electron chi connectivity index (χ3n) is 3.18. The Bertz CT molecular complexity index is 516. The van der Waals surface area contributed by atoms with Crippen LogP contribution in [-0.2, 0) is 6.42 Å². The van der Waals surface area contributed by atoms with Gasteiger partial charge in [-0.3, -0.25) is 0 Å². The summed E-state index contributed by atoms with van der Waals surface area (Å²) in [4.78, 5) is 4.53. The van der Waals surface area contributed by atoms with Crippen molar-refractivity contribution < 1.29 is 4.74 Å². The number of ether oxygens (including phenoxy) is 1. The monoisotopic (exact) mass is 232 g/mol. The van der Waals surface area contributed by atoms with Gasteiger partial charge in [0.15, 0.2) is 17.2 Å². The van der Waals surface area contributed by atoms with E-state index in [0.29, 0.717) is 6.04 Å². The van der Waals surface area contributed by atoms with E-state index in [1.807, 2.05) is 18.3 Å². The molecular weight excluding hydrogens is 216 g/mol. The van der Waals surface area contributed by atoms with Crippen LogP contribution in [0, 0.1) is 0 Å². The van der Waals surface area contributed by atoms with E-state index in [0.717, 1.165) is 30.2 Å². The zero-order valence-electron chi connectivity index (χ0n) is 9.89. The van der Waals surface area contributed by atoms with Gasteiger partial charge in [-0.15, -0.1) is 0 Å². The summed E-state index contributed by atoms with van der Waals surface area (Å²) < 4.78 is 7.05. The second-order valence-electron chi connectivity index (χ2n) is 4.37. The zero-order chi connectivity index (χ0) is 11.7. The average molecular weight is 232 g/mol. The molecular formula is C12H16N4O. The first-order valence-electron chi connectivity index (χ1n) is 5.98. The third kappa shape index (κ3) is 1.98. The van der Waals surface area contributed by atoms with Gasteiger partial charge >= 0.3 is 0 Å². The highest BCUT2D eigenvalue weighted by Crippen LogP contribution is 2.18. The first-order chi connectivity index (χ1) is 8.36. The van der Waals surface area contributed by atoms with Crippen LogP contribution in [0.25, 0.3) is 5.65 Å². The average Bonchev–Trinajstić information content (AvgIpc) is 2.97. The van der Waals surface area contributed by atoms with Crippen molar-refractivity contribution in [3.63, 3.8) is 0 Å². The van der Waals surface area contributed by atoms with Crippen LogP contribution < -0.4 is 10.1 Å². The lowest BCUT2D eigenvalue weighted by atomic mass is 10.1. The molecule has 1 atom stereocenters. The second-order valence-corrected chi connectivity index (χ2v) is 4.37. The van der Waals surface area contributed by atoms with Crippen LogP contribution in [0.1, 0.15) is 18.7 Å². The highest BCUT2D eigenvalue weighted by Gasteiger charge is 2.17. The summed E-state index contributed by atoms with van der Waals surface area (Å²) in [7, 11) is 1.65. The predicted octanol–water partition coefficient (Wildman–Crippen LogP) is 1.03. The summed E-state index contributed by atoms with van der Waals surface area (Å²) >= 11 is 0. The first kappa shape index (κ1) is 10.5. The molecule has 0 aliphatic carbocycles. The second kappa shape index (κ2) is 4.33. The minimum absolute atomic E-state index is 0.526. The molecule has 1 fully saturated rings. The molecule has 1 aliphatic rings. The summed E-state index contributed by atoms with van der Waals surface area (Å²) in [6, 6.07) is 4.35. The van der Waals surface area contributed by atoms with Crippen LogP contribution in [0.2, 0.25) is 0 Å². The molecule has 0 aromatic carbocycles. The minimum atomic E-state index is 0.526. The number of fused-ring (bicyclic) bond motifs is 1. The zero-order valence-corrected chi connectivity index (χ0v) is 9.89. The lowest BCUT2D eigenvalue weighted by molar-refractivity contribution is 0.416. The highest BCUT2D eigenvalue weighted by atomic mass is 16.5. The van der Waals surface area contributed by atoms with E-state index in [1.165, 1.54) is 12.8 Å². The van der Waals surface area contributed by atoms with Gasteiger partial charge < -0.3 is 10.1 Å². The highest BCUT2D eigenvalue weighted by molar-refractivity contribution is 5.52. The molecule has 3 heterocycles. The smallest absolute Gasteiger partial charge is 0.198 e. The van der Waals surface area contributed by atoms with E-state index in [9.17, 15) is 0 Å². The molecule has 1 aliphatic heterocycles. The van der Waals surface area contributed by atoms with Crippen molar-refractivity contribution in [2.24, 2.45) is 0 Å². The Hall–Kier alpha value is -1.62. The fourth-order valence-corrected chi connectivity index (χ4v) is 2.32. The van der Waals surface area contributed by atoms with Gasteiger partial charge in [0.05, 0.1) is 7.11 Å². The standard InChI is InChI=1S/C12H16N4O/c1-17-10-5-3-7-16-12(10)14-11(15-16)8-9-4-2-6-13-9/h3,5,7,9,13H,2,4,6,8H2,1H3. The van der Waals surface area contributed by atoms with E-state index in [-0.39, 0.29) is 0 Å². The number of nitrogens with one attached hydrogen (secondary N) is 1. The Balaban J connectivity index is 1.90. The summed E-state index contributed by atoms with van der Waals surface area (Å²) in [5, 5.41) is 7.93. The van der Waals surface area contributed by atoms with Crippen LogP contribution in [0.3, 0.4) is 0 Å². The van der Waals surface area contributed by atoms with Gasteiger partial charge in [0.1, 0.15) is 0 Å². The van der Waals surface area contributed by atoms with Crippen LogP contribution in [0.5, 0.6) is 5.75 Å². The van der Waals surface area contributed by atoms with Gasteiger partial charge in [-0.2, -0.15) is 5.10 Å². The SMILES string of the molecule is COc1cccn2nc(CC3CCCN3)nc12. The summed E-state index contributed by atoms with van der Waals surface area (Å²) in [6.45, 7) is 1.11. The fourth-order valence-electron chi connectivity index (χ4n) is 2.32. The molecule has 0 spiro atoms. The molecule has 17 heavy (non-hydrogen) atoms. The molecule has 90 valence electrons. The van der Waals surface area contributed by atoms with Crippen molar-refractivity contribution in [2.45, 2.75) is 25.3 Å². The molecule has 0 bridgehead atoms. The number of rotatable bonds is 3. The molecule has 1 N–H and O–H groups in total. The van der Waals surface area contributed by atoms with Gasteiger partial charge in [0.25, 0.3) is 0 Å². The molecule has 2 aromatic heterocycles. The van der Waals surface area contributed by atoms with Crippen LogP contribution in [0.4, 0.5) is 0 Å². The number of hydrogen-bond acceptors (Lipinski definition) is 4. The molecule has 0 saturated carbocycles. The molecule has 3 rings (SSSR count). The molecule has 2 aromatic rings. The molecule has 1 unspecified atom stereocenters. The van der Waals surface area contributed by atoms with E-state index < -0.39 is 0 Å². The summed E-state index contributed by atoms with van der Waals surface area (Å²) in [5.74, 6) is 1.65. The first-order valence-corrected chi connectivity index (χ1v) is 5.98. The predicted molar refractivity (Wildman–Crippen MR) is 64.3 cm³/mol. The lowest BCUT2D eigenvalue weighted by Gasteiger charge is -2.05. The van der Waals surface area contributed by atoms with E-state index in [4.69, 9.17) is 4.74 Å². The molecule has 5 heteroatoms. The van der Waals surface area contributed by atoms with Crippen LogP contribution >= 0.6 is 0 Å². The van der Waals surface area contributed by atoms with Crippen molar-refractivity contribution in [1.82, 2.24) is 19.9 Å². The van der Waals surface area contributed by atoms with Crippen molar-refractivity contribution in [2.75, 3.05) is 13.7 Å². The Kier molecular flexibility index (Phi) is 2.68. The van der Waals surface area contributed by atoms with E-state index in [1.54, 1.807) is 11.6 Å². The normalized spacial score (nSPS) is 19.9. The van der Waals surface area contributed by atoms with E-state index in [2.05, 4.69) is 15.4 Å². The Labute approximate surface area is 99.8 Å². The Morgan fingerprint density at radius 1 is 1.59 bits per heavy atom. The molecule has 0 amide bonds. The maximum Gasteiger partial charge on any atom is 0.198 e. The topological polar surface area (TPSA) is 51.5 Å². The van der Waals surface area contributed by atoms with Gasteiger partial charge in [-0.1, -0.05) is 0 Å². The van der Waals surface area contributed by atoms with Crippen molar-refractivity contribution in [3.8, 4) is 5.75 Å². The van der Waals surface area contributed by atoms with Crippen LogP contribution in [0.15, 0.2) is 18.3 Å². The Morgan fingerprint density at radius 3 is 3.29 bits per heavy atom. The maximum atomic E-state index is 5.27. The minimum Gasteiger partial charge on any atom is -0.493 e. The lowest BCUT2D eigenvalue weighted by Crippen LogP contribution is -2.24. The molecule has 0 radical (unpaired) electrons. The number of nitrogens with zero attached hydrogens (tertiary/aromatic N) is 3. The third-order valence-corrected chi connectivity index (χ3v) is 3.18. The quantitative estimate of drug-likeness (QED) is 0.859. The van der Waals surface area contributed by atoms with Gasteiger partial charge in [-0.25, -0.2) is 9.50 Å². The summed E-state index contributed by atoms with van der Waals surface area (Å²) in [6.07, 6.45) is 5.26.